The second kappa shape index (κ2) is 8.42. The molecule has 1 aromatic heterocycles. The number of nitrogens with zero attached hydrogens (tertiary/aromatic N) is 1. The van der Waals surface area contributed by atoms with Gasteiger partial charge < -0.3 is 10.6 Å². The van der Waals surface area contributed by atoms with Gasteiger partial charge >= 0.3 is 0 Å². The Bertz CT molecular complexity index is 769. The predicted molar refractivity (Wildman–Crippen MR) is 99.9 cm³/mol. The van der Waals surface area contributed by atoms with Crippen molar-refractivity contribution in [1.82, 2.24) is 10.3 Å². The molecular formula is C20H25N3O2. The molecule has 0 aliphatic heterocycles. The number of carbonyl (C=O) groups excluding carboxylic acids is 2. The number of hydrogen-bond acceptors (Lipinski definition) is 3. The second-order valence-corrected chi connectivity index (χ2v) is 6.64. The normalized spacial score (nSPS) is 10.6. The molecular weight excluding hydrogens is 314 g/mol. The molecule has 1 heterocycles. The number of aromatic nitrogens is 1. The van der Waals surface area contributed by atoms with Gasteiger partial charge in [-0.25, -0.2) is 0 Å². The molecule has 25 heavy (non-hydrogen) atoms. The molecule has 0 aliphatic rings. The van der Waals surface area contributed by atoms with Crippen LogP contribution >= 0.6 is 0 Å². The van der Waals surface area contributed by atoms with Crippen LogP contribution in [0, 0.1) is 19.8 Å². The molecule has 132 valence electrons. The van der Waals surface area contributed by atoms with E-state index in [1.807, 2.05) is 32.0 Å². The van der Waals surface area contributed by atoms with Crippen LogP contribution in [0.15, 0.2) is 36.5 Å². The quantitative estimate of drug-likeness (QED) is 0.842. The van der Waals surface area contributed by atoms with Gasteiger partial charge in [-0.3, -0.25) is 14.6 Å². The van der Waals surface area contributed by atoms with Crippen molar-refractivity contribution >= 4 is 17.5 Å². The number of nitrogens with one attached hydrogen (secondary N) is 2. The first-order valence-electron chi connectivity index (χ1n) is 8.49. The summed E-state index contributed by atoms with van der Waals surface area (Å²) < 4.78 is 0. The lowest BCUT2D eigenvalue weighted by molar-refractivity contribution is 0.0947. The summed E-state index contributed by atoms with van der Waals surface area (Å²) in [6.45, 7) is 8.75. The van der Waals surface area contributed by atoms with Gasteiger partial charge in [0.15, 0.2) is 0 Å². The monoisotopic (exact) mass is 339 g/mol. The maximum absolute atomic E-state index is 12.5. The standard InChI is InChI=1S/C20H25N3O2/c1-13(2)7-9-22-20(25)18-12-16(8-10-21-18)19(24)23-17-6-5-14(3)11-15(17)4/h5-6,8,10-13H,7,9H2,1-4H3,(H,22,25)(H,23,24). The fourth-order valence-corrected chi connectivity index (χ4v) is 2.41. The van der Waals surface area contributed by atoms with Crippen LogP contribution in [0.25, 0.3) is 0 Å². The Balaban J connectivity index is 2.06. The largest absolute Gasteiger partial charge is 0.351 e. The summed E-state index contributed by atoms with van der Waals surface area (Å²) in [7, 11) is 0. The molecule has 2 amide bonds. The van der Waals surface area contributed by atoms with E-state index in [-0.39, 0.29) is 17.5 Å². The van der Waals surface area contributed by atoms with Gasteiger partial charge in [-0.05, 0) is 49.9 Å². The molecule has 5 heteroatoms. The van der Waals surface area contributed by atoms with Crippen molar-refractivity contribution < 1.29 is 9.59 Å². The molecule has 0 aliphatic carbocycles. The number of hydrogen-bond donors (Lipinski definition) is 2. The maximum Gasteiger partial charge on any atom is 0.269 e. The molecule has 2 N–H and O–H groups in total. The lowest BCUT2D eigenvalue weighted by Gasteiger charge is -2.10. The van der Waals surface area contributed by atoms with Crippen molar-refractivity contribution in [3.05, 3.63) is 58.9 Å². The summed E-state index contributed by atoms with van der Waals surface area (Å²) in [5, 5.41) is 5.71. The van der Waals surface area contributed by atoms with Crippen molar-refractivity contribution in [2.45, 2.75) is 34.1 Å². The van der Waals surface area contributed by atoms with Crippen LogP contribution in [0.4, 0.5) is 5.69 Å². The van der Waals surface area contributed by atoms with E-state index in [1.54, 1.807) is 6.07 Å². The van der Waals surface area contributed by atoms with Crippen LogP contribution in [0.1, 0.15) is 52.2 Å². The van der Waals surface area contributed by atoms with Gasteiger partial charge in [-0.15, -0.1) is 0 Å². The van der Waals surface area contributed by atoms with E-state index in [4.69, 9.17) is 0 Å². The topological polar surface area (TPSA) is 71.1 Å². The second-order valence-electron chi connectivity index (χ2n) is 6.64. The number of pyridine rings is 1. The smallest absolute Gasteiger partial charge is 0.269 e. The number of aryl methyl sites for hydroxylation is 2. The summed E-state index contributed by atoms with van der Waals surface area (Å²) in [6.07, 6.45) is 2.38. The molecule has 5 nitrogen and oxygen atoms in total. The van der Waals surface area contributed by atoms with Gasteiger partial charge in [0.05, 0.1) is 0 Å². The summed E-state index contributed by atoms with van der Waals surface area (Å²) in [5.74, 6) is -0.00415. The molecule has 2 rings (SSSR count). The maximum atomic E-state index is 12.5. The van der Waals surface area contributed by atoms with Crippen molar-refractivity contribution in [1.29, 1.82) is 0 Å². The number of amides is 2. The Morgan fingerprint density at radius 3 is 2.52 bits per heavy atom. The Morgan fingerprint density at radius 2 is 1.84 bits per heavy atom. The molecule has 0 fully saturated rings. The van der Waals surface area contributed by atoms with Crippen molar-refractivity contribution in [2.75, 3.05) is 11.9 Å². The van der Waals surface area contributed by atoms with Crippen molar-refractivity contribution in [2.24, 2.45) is 5.92 Å². The predicted octanol–water partition coefficient (Wildman–Crippen LogP) is 3.73. The minimum atomic E-state index is -0.262. The highest BCUT2D eigenvalue weighted by atomic mass is 16.2. The van der Waals surface area contributed by atoms with Gasteiger partial charge in [0.2, 0.25) is 0 Å². The Kier molecular flexibility index (Phi) is 6.28. The molecule has 0 bridgehead atoms. The molecule has 0 unspecified atom stereocenters. The highest BCUT2D eigenvalue weighted by Gasteiger charge is 2.12. The summed E-state index contributed by atoms with van der Waals surface area (Å²) in [5.41, 5.74) is 3.55. The third kappa shape index (κ3) is 5.41. The van der Waals surface area contributed by atoms with Gasteiger partial charge in [-0.2, -0.15) is 0 Å². The highest BCUT2D eigenvalue weighted by molar-refractivity contribution is 6.06. The fourth-order valence-electron chi connectivity index (χ4n) is 2.41. The average Bonchev–Trinajstić information content (AvgIpc) is 2.57. The molecule has 0 spiro atoms. The third-order valence-electron chi connectivity index (χ3n) is 3.89. The third-order valence-corrected chi connectivity index (χ3v) is 3.89. The zero-order valence-corrected chi connectivity index (χ0v) is 15.2. The molecule has 2 aromatic rings. The lowest BCUT2D eigenvalue weighted by Crippen LogP contribution is -2.26. The van der Waals surface area contributed by atoms with Gasteiger partial charge in [0, 0.05) is 24.0 Å². The van der Waals surface area contributed by atoms with E-state index in [1.165, 1.54) is 12.3 Å². The molecule has 1 aromatic carbocycles. The number of anilines is 1. The summed E-state index contributed by atoms with van der Waals surface area (Å²) in [6, 6.07) is 8.95. The molecule has 0 saturated carbocycles. The molecule has 0 saturated heterocycles. The summed E-state index contributed by atoms with van der Waals surface area (Å²) in [4.78, 5) is 28.7. The van der Waals surface area contributed by atoms with Crippen molar-refractivity contribution in [3.63, 3.8) is 0 Å². The molecule has 0 atom stereocenters. The van der Waals surface area contributed by atoms with E-state index >= 15 is 0 Å². The van der Waals surface area contributed by atoms with E-state index in [0.29, 0.717) is 18.0 Å². The van der Waals surface area contributed by atoms with Crippen LogP contribution in [0.5, 0.6) is 0 Å². The Labute approximate surface area is 148 Å². The highest BCUT2D eigenvalue weighted by Crippen LogP contribution is 2.17. The Morgan fingerprint density at radius 1 is 1.08 bits per heavy atom. The van der Waals surface area contributed by atoms with E-state index in [9.17, 15) is 9.59 Å². The van der Waals surface area contributed by atoms with E-state index in [0.717, 1.165) is 23.2 Å². The van der Waals surface area contributed by atoms with Crippen LogP contribution in [-0.4, -0.2) is 23.3 Å². The van der Waals surface area contributed by atoms with Crippen molar-refractivity contribution in [3.8, 4) is 0 Å². The first kappa shape index (κ1) is 18.6. The van der Waals surface area contributed by atoms with E-state index in [2.05, 4.69) is 29.5 Å². The van der Waals surface area contributed by atoms with Crippen LogP contribution in [0.3, 0.4) is 0 Å². The lowest BCUT2D eigenvalue weighted by atomic mass is 10.1. The Hall–Kier alpha value is -2.69. The number of carbonyl (C=O) groups is 2. The van der Waals surface area contributed by atoms with Crippen LogP contribution < -0.4 is 10.6 Å². The number of benzene rings is 1. The average molecular weight is 339 g/mol. The van der Waals surface area contributed by atoms with Crippen LogP contribution in [0.2, 0.25) is 0 Å². The SMILES string of the molecule is Cc1ccc(NC(=O)c2ccnc(C(=O)NCCC(C)C)c2)c(C)c1. The van der Waals surface area contributed by atoms with E-state index < -0.39 is 0 Å². The first-order chi connectivity index (χ1) is 11.9. The summed E-state index contributed by atoms with van der Waals surface area (Å²) >= 11 is 0. The van der Waals surface area contributed by atoms with Crippen LogP contribution in [-0.2, 0) is 0 Å². The van der Waals surface area contributed by atoms with Gasteiger partial charge in [-0.1, -0.05) is 31.5 Å². The minimum absolute atomic E-state index is 0.247. The number of rotatable bonds is 6. The minimum Gasteiger partial charge on any atom is -0.351 e. The van der Waals surface area contributed by atoms with Gasteiger partial charge in [0.1, 0.15) is 5.69 Å². The van der Waals surface area contributed by atoms with Gasteiger partial charge in [0.25, 0.3) is 11.8 Å². The zero-order valence-electron chi connectivity index (χ0n) is 15.2. The zero-order chi connectivity index (χ0) is 18.4. The fraction of sp³-hybridized carbons (Fsp3) is 0.350. The first-order valence-corrected chi connectivity index (χ1v) is 8.49. The molecule has 0 radical (unpaired) electrons.